The van der Waals surface area contributed by atoms with Crippen molar-refractivity contribution in [2.24, 2.45) is 11.8 Å². The van der Waals surface area contributed by atoms with Gasteiger partial charge in [-0.2, -0.15) is 0 Å². The SMILES string of the molecule is CCC1OC(=O)C(CC)C(O)C1C. The van der Waals surface area contributed by atoms with Crippen molar-refractivity contribution in [2.75, 3.05) is 0 Å². The number of hydrogen-bond donors (Lipinski definition) is 1. The molecular formula is C10H18O3. The molecule has 1 aliphatic heterocycles. The zero-order valence-electron chi connectivity index (χ0n) is 8.49. The van der Waals surface area contributed by atoms with Gasteiger partial charge in [-0.15, -0.1) is 0 Å². The lowest BCUT2D eigenvalue weighted by Gasteiger charge is -2.36. The number of aliphatic hydroxyl groups is 1. The Kier molecular flexibility index (Phi) is 3.31. The Hall–Kier alpha value is -0.570. The number of ether oxygens (including phenoxy) is 1. The van der Waals surface area contributed by atoms with Crippen molar-refractivity contribution in [1.29, 1.82) is 0 Å². The van der Waals surface area contributed by atoms with Crippen LogP contribution in [0.2, 0.25) is 0 Å². The summed E-state index contributed by atoms with van der Waals surface area (Å²) in [5.41, 5.74) is 0. The van der Waals surface area contributed by atoms with Crippen LogP contribution in [0.25, 0.3) is 0 Å². The Morgan fingerprint density at radius 1 is 1.38 bits per heavy atom. The van der Waals surface area contributed by atoms with E-state index in [1.165, 1.54) is 0 Å². The summed E-state index contributed by atoms with van der Waals surface area (Å²) in [6, 6.07) is 0. The van der Waals surface area contributed by atoms with Gasteiger partial charge >= 0.3 is 5.97 Å². The Morgan fingerprint density at radius 3 is 2.46 bits per heavy atom. The fraction of sp³-hybridized carbons (Fsp3) is 0.900. The van der Waals surface area contributed by atoms with Gasteiger partial charge in [-0.3, -0.25) is 4.79 Å². The van der Waals surface area contributed by atoms with Crippen LogP contribution >= 0.6 is 0 Å². The molecule has 76 valence electrons. The first-order valence-electron chi connectivity index (χ1n) is 5.00. The number of hydrogen-bond acceptors (Lipinski definition) is 3. The van der Waals surface area contributed by atoms with Gasteiger partial charge in [0.05, 0.1) is 12.0 Å². The molecule has 3 heteroatoms. The summed E-state index contributed by atoms with van der Waals surface area (Å²) < 4.78 is 5.22. The molecule has 0 aromatic rings. The molecule has 0 aromatic carbocycles. The van der Waals surface area contributed by atoms with Crippen molar-refractivity contribution >= 4 is 5.97 Å². The van der Waals surface area contributed by atoms with Crippen LogP contribution in [-0.4, -0.2) is 23.3 Å². The molecule has 3 nitrogen and oxygen atoms in total. The van der Waals surface area contributed by atoms with Crippen LogP contribution in [0.1, 0.15) is 33.6 Å². The minimum atomic E-state index is -0.531. The maximum absolute atomic E-state index is 11.4. The maximum atomic E-state index is 11.4. The van der Waals surface area contributed by atoms with Gasteiger partial charge in [0, 0.05) is 5.92 Å². The van der Waals surface area contributed by atoms with Crippen molar-refractivity contribution in [3.8, 4) is 0 Å². The summed E-state index contributed by atoms with van der Waals surface area (Å²) in [4.78, 5) is 11.4. The summed E-state index contributed by atoms with van der Waals surface area (Å²) in [5, 5.41) is 9.81. The number of aliphatic hydroxyl groups excluding tert-OH is 1. The molecule has 1 fully saturated rings. The molecule has 4 unspecified atom stereocenters. The van der Waals surface area contributed by atoms with E-state index in [-0.39, 0.29) is 23.9 Å². The average molecular weight is 186 g/mol. The monoisotopic (exact) mass is 186 g/mol. The highest BCUT2D eigenvalue weighted by atomic mass is 16.5. The lowest BCUT2D eigenvalue weighted by atomic mass is 9.83. The third kappa shape index (κ3) is 1.85. The summed E-state index contributed by atoms with van der Waals surface area (Å²) in [5.74, 6) is -0.495. The van der Waals surface area contributed by atoms with Crippen molar-refractivity contribution < 1.29 is 14.6 Å². The van der Waals surface area contributed by atoms with E-state index in [2.05, 4.69) is 0 Å². The molecule has 1 aliphatic rings. The molecule has 0 bridgehead atoms. The molecule has 0 aliphatic carbocycles. The van der Waals surface area contributed by atoms with Crippen LogP contribution in [-0.2, 0) is 9.53 Å². The maximum Gasteiger partial charge on any atom is 0.311 e. The Balaban J connectivity index is 2.72. The summed E-state index contributed by atoms with van der Waals surface area (Å²) in [6.45, 7) is 5.80. The first-order valence-corrected chi connectivity index (χ1v) is 5.00. The van der Waals surface area contributed by atoms with Crippen molar-refractivity contribution in [3.05, 3.63) is 0 Å². The number of carbonyl (C=O) groups is 1. The summed E-state index contributed by atoms with van der Waals surface area (Å²) >= 11 is 0. The quantitative estimate of drug-likeness (QED) is 0.662. The molecule has 13 heavy (non-hydrogen) atoms. The number of cyclic esters (lactones) is 1. The van der Waals surface area contributed by atoms with Gasteiger partial charge in [0.25, 0.3) is 0 Å². The van der Waals surface area contributed by atoms with Crippen LogP contribution in [0.3, 0.4) is 0 Å². The van der Waals surface area contributed by atoms with E-state index >= 15 is 0 Å². The first kappa shape index (κ1) is 10.5. The van der Waals surface area contributed by atoms with Crippen molar-refractivity contribution in [2.45, 2.75) is 45.8 Å². The van der Waals surface area contributed by atoms with Gasteiger partial charge < -0.3 is 9.84 Å². The Bertz CT molecular complexity index is 191. The molecule has 0 saturated carbocycles. The molecular weight excluding hydrogens is 168 g/mol. The first-order chi connectivity index (χ1) is 6.11. The van der Waals surface area contributed by atoms with Crippen LogP contribution in [0.5, 0.6) is 0 Å². The van der Waals surface area contributed by atoms with E-state index in [0.29, 0.717) is 6.42 Å². The molecule has 4 atom stereocenters. The number of esters is 1. The normalized spacial score (nSPS) is 40.2. The minimum absolute atomic E-state index is 0.0626. The smallest absolute Gasteiger partial charge is 0.311 e. The standard InChI is InChI=1S/C10H18O3/c1-4-7-9(11)6(3)8(5-2)13-10(7)12/h6-9,11H,4-5H2,1-3H3. The van der Waals surface area contributed by atoms with Gasteiger partial charge in [0.1, 0.15) is 6.10 Å². The fourth-order valence-corrected chi connectivity index (χ4v) is 1.93. The van der Waals surface area contributed by atoms with Gasteiger partial charge in [-0.25, -0.2) is 0 Å². The van der Waals surface area contributed by atoms with Crippen LogP contribution in [0.4, 0.5) is 0 Å². The van der Waals surface area contributed by atoms with Gasteiger partial charge in [-0.1, -0.05) is 20.8 Å². The zero-order valence-corrected chi connectivity index (χ0v) is 8.49. The highest BCUT2D eigenvalue weighted by Crippen LogP contribution is 2.29. The van der Waals surface area contributed by atoms with Crippen molar-refractivity contribution in [1.82, 2.24) is 0 Å². The van der Waals surface area contributed by atoms with Gasteiger partial charge in [-0.05, 0) is 12.8 Å². The molecule has 0 aromatic heterocycles. The zero-order chi connectivity index (χ0) is 10.0. The van der Waals surface area contributed by atoms with Gasteiger partial charge in [0.2, 0.25) is 0 Å². The van der Waals surface area contributed by atoms with Crippen LogP contribution in [0, 0.1) is 11.8 Å². The van der Waals surface area contributed by atoms with Crippen molar-refractivity contribution in [3.63, 3.8) is 0 Å². The average Bonchev–Trinajstić information content (AvgIpc) is 2.12. The predicted octanol–water partition coefficient (Wildman–Crippen LogP) is 1.34. The van der Waals surface area contributed by atoms with E-state index in [0.717, 1.165) is 6.42 Å². The highest BCUT2D eigenvalue weighted by Gasteiger charge is 2.40. The minimum Gasteiger partial charge on any atom is -0.462 e. The number of carbonyl (C=O) groups excluding carboxylic acids is 1. The Morgan fingerprint density at radius 2 is 2.00 bits per heavy atom. The summed E-state index contributed by atoms with van der Waals surface area (Å²) in [6.07, 6.45) is 0.794. The third-order valence-corrected chi connectivity index (χ3v) is 2.95. The lowest BCUT2D eigenvalue weighted by Crippen LogP contribution is -2.47. The van der Waals surface area contributed by atoms with Crippen LogP contribution in [0.15, 0.2) is 0 Å². The Labute approximate surface area is 79.1 Å². The predicted molar refractivity (Wildman–Crippen MR) is 49.1 cm³/mol. The van der Waals surface area contributed by atoms with E-state index in [1.54, 1.807) is 0 Å². The molecule has 0 amide bonds. The molecule has 0 radical (unpaired) electrons. The molecule has 1 heterocycles. The summed E-state index contributed by atoms with van der Waals surface area (Å²) in [7, 11) is 0. The van der Waals surface area contributed by atoms with Gasteiger partial charge in [0.15, 0.2) is 0 Å². The molecule has 1 rings (SSSR count). The lowest BCUT2D eigenvalue weighted by molar-refractivity contribution is -0.179. The second-order valence-electron chi connectivity index (χ2n) is 3.75. The van der Waals surface area contributed by atoms with E-state index in [9.17, 15) is 9.90 Å². The van der Waals surface area contributed by atoms with Crippen LogP contribution < -0.4 is 0 Å². The second-order valence-corrected chi connectivity index (χ2v) is 3.75. The second kappa shape index (κ2) is 4.09. The third-order valence-electron chi connectivity index (χ3n) is 2.95. The molecule has 1 saturated heterocycles. The van der Waals surface area contributed by atoms with E-state index in [1.807, 2.05) is 20.8 Å². The number of rotatable bonds is 2. The highest BCUT2D eigenvalue weighted by molar-refractivity contribution is 5.74. The largest absolute Gasteiger partial charge is 0.462 e. The molecule has 1 N–H and O–H groups in total. The van der Waals surface area contributed by atoms with E-state index < -0.39 is 6.10 Å². The molecule has 0 spiro atoms. The fourth-order valence-electron chi connectivity index (χ4n) is 1.93. The van der Waals surface area contributed by atoms with E-state index in [4.69, 9.17) is 4.74 Å². The topological polar surface area (TPSA) is 46.5 Å².